The number of alkyl halides is 3. The molecule has 0 aliphatic heterocycles. The number of amides is 1. The van der Waals surface area contributed by atoms with Gasteiger partial charge in [0.15, 0.2) is 0 Å². The Morgan fingerprint density at radius 3 is 2.65 bits per heavy atom. The highest BCUT2D eigenvalue weighted by atomic mass is 32.1. The first-order valence-corrected chi connectivity index (χ1v) is 8.86. The Morgan fingerprint density at radius 1 is 1.15 bits per heavy atom. The molecule has 2 aromatic carbocycles. The Bertz CT molecular complexity index is 934. The van der Waals surface area contributed by atoms with Crippen molar-refractivity contribution in [3.8, 4) is 5.75 Å². The molecule has 0 fully saturated rings. The van der Waals surface area contributed by atoms with Crippen LogP contribution in [0.2, 0.25) is 0 Å². The van der Waals surface area contributed by atoms with Gasteiger partial charge in [-0.05, 0) is 35.6 Å². The van der Waals surface area contributed by atoms with Crippen molar-refractivity contribution in [2.45, 2.75) is 26.1 Å². The molecular weight excluding hydrogens is 363 g/mol. The Hall–Kier alpha value is -2.54. The zero-order chi connectivity index (χ0) is 18.7. The Labute approximate surface area is 152 Å². The van der Waals surface area contributed by atoms with Crippen molar-refractivity contribution in [3.63, 3.8) is 0 Å². The minimum Gasteiger partial charge on any atom is -0.406 e. The fraction of sp³-hybridized carbons (Fsp3) is 0.211. The van der Waals surface area contributed by atoms with Crippen molar-refractivity contribution in [2.75, 3.05) is 5.32 Å². The lowest BCUT2D eigenvalue weighted by Crippen LogP contribution is -2.17. The summed E-state index contributed by atoms with van der Waals surface area (Å²) in [7, 11) is 0. The monoisotopic (exact) mass is 379 g/mol. The van der Waals surface area contributed by atoms with E-state index in [1.54, 1.807) is 0 Å². The third-order valence-corrected chi connectivity index (χ3v) is 4.94. The van der Waals surface area contributed by atoms with Crippen molar-refractivity contribution in [1.29, 1.82) is 0 Å². The standard InChI is InChI=1S/C19H16F3NO2S/c1-2-6-15-14-9-3-4-10-16(14)26-17(15)18(24)23-12-7-5-8-13(11-12)25-19(20,21)22/h3-5,7-11H,2,6H2,1H3,(H,23,24). The van der Waals surface area contributed by atoms with Crippen LogP contribution in [0, 0.1) is 0 Å². The largest absolute Gasteiger partial charge is 0.573 e. The molecule has 0 aliphatic rings. The van der Waals surface area contributed by atoms with Crippen LogP contribution in [0.15, 0.2) is 48.5 Å². The van der Waals surface area contributed by atoms with E-state index in [0.717, 1.165) is 34.6 Å². The maximum atomic E-state index is 12.7. The van der Waals surface area contributed by atoms with Crippen LogP contribution in [0.3, 0.4) is 0 Å². The van der Waals surface area contributed by atoms with Gasteiger partial charge < -0.3 is 10.1 Å². The normalized spacial score (nSPS) is 11.5. The topological polar surface area (TPSA) is 38.3 Å². The summed E-state index contributed by atoms with van der Waals surface area (Å²) in [5.41, 5.74) is 1.21. The summed E-state index contributed by atoms with van der Waals surface area (Å²) in [6, 6.07) is 13.0. The number of aryl methyl sites for hydroxylation is 1. The summed E-state index contributed by atoms with van der Waals surface area (Å²) < 4.78 is 41.9. The highest BCUT2D eigenvalue weighted by Gasteiger charge is 2.31. The number of fused-ring (bicyclic) bond motifs is 1. The summed E-state index contributed by atoms with van der Waals surface area (Å²) in [5.74, 6) is -0.709. The molecule has 3 rings (SSSR count). The van der Waals surface area contributed by atoms with Gasteiger partial charge in [0.2, 0.25) is 0 Å². The zero-order valence-corrected chi connectivity index (χ0v) is 14.7. The van der Waals surface area contributed by atoms with E-state index in [-0.39, 0.29) is 17.3 Å². The molecule has 0 atom stereocenters. The number of halogens is 3. The fourth-order valence-electron chi connectivity index (χ4n) is 2.74. The minimum atomic E-state index is -4.78. The van der Waals surface area contributed by atoms with E-state index in [2.05, 4.69) is 10.1 Å². The predicted molar refractivity (Wildman–Crippen MR) is 96.9 cm³/mol. The molecular formula is C19H16F3NO2S. The molecule has 0 radical (unpaired) electrons. The van der Waals surface area contributed by atoms with E-state index in [9.17, 15) is 18.0 Å². The Morgan fingerprint density at radius 2 is 1.92 bits per heavy atom. The molecule has 0 aliphatic carbocycles. The maximum absolute atomic E-state index is 12.7. The fourth-order valence-corrected chi connectivity index (χ4v) is 3.89. The van der Waals surface area contributed by atoms with Crippen LogP contribution in [0.4, 0.5) is 18.9 Å². The van der Waals surface area contributed by atoms with Crippen molar-refractivity contribution < 1.29 is 22.7 Å². The first-order valence-electron chi connectivity index (χ1n) is 8.05. The number of hydrogen-bond donors (Lipinski definition) is 1. The number of ether oxygens (including phenoxy) is 1. The van der Waals surface area contributed by atoms with Crippen molar-refractivity contribution in [2.24, 2.45) is 0 Å². The molecule has 0 spiro atoms. The van der Waals surface area contributed by atoms with Gasteiger partial charge in [-0.3, -0.25) is 4.79 Å². The maximum Gasteiger partial charge on any atom is 0.573 e. The second kappa shape index (κ2) is 7.37. The lowest BCUT2D eigenvalue weighted by Gasteiger charge is -2.11. The lowest BCUT2D eigenvalue weighted by molar-refractivity contribution is -0.274. The van der Waals surface area contributed by atoms with Crippen molar-refractivity contribution >= 4 is 33.0 Å². The highest BCUT2D eigenvalue weighted by molar-refractivity contribution is 7.21. The molecule has 1 N–H and O–H groups in total. The Balaban J connectivity index is 1.88. The Kier molecular flexibility index (Phi) is 5.18. The smallest absolute Gasteiger partial charge is 0.406 e. The van der Waals surface area contributed by atoms with E-state index < -0.39 is 6.36 Å². The van der Waals surface area contributed by atoms with Gasteiger partial charge in [-0.1, -0.05) is 37.6 Å². The number of thiophene rings is 1. The number of nitrogens with one attached hydrogen (secondary N) is 1. The first-order chi connectivity index (χ1) is 12.4. The van der Waals surface area contributed by atoms with Crippen LogP contribution >= 0.6 is 11.3 Å². The molecule has 1 aromatic heterocycles. The van der Waals surface area contributed by atoms with E-state index in [0.29, 0.717) is 4.88 Å². The third-order valence-electron chi connectivity index (χ3n) is 3.73. The number of benzene rings is 2. The minimum absolute atomic E-state index is 0.247. The van der Waals surface area contributed by atoms with E-state index in [1.165, 1.54) is 29.5 Å². The molecule has 1 heterocycles. The van der Waals surface area contributed by atoms with E-state index in [1.807, 2.05) is 31.2 Å². The first kappa shape index (κ1) is 18.3. The third kappa shape index (κ3) is 4.16. The van der Waals surface area contributed by atoms with Gasteiger partial charge in [-0.15, -0.1) is 24.5 Å². The zero-order valence-electron chi connectivity index (χ0n) is 13.9. The summed E-state index contributed by atoms with van der Waals surface area (Å²) in [6.07, 6.45) is -3.14. The lowest BCUT2D eigenvalue weighted by atomic mass is 10.1. The molecule has 0 saturated heterocycles. The molecule has 3 nitrogen and oxygen atoms in total. The summed E-state index contributed by atoms with van der Waals surface area (Å²) >= 11 is 1.38. The molecule has 1 amide bonds. The van der Waals surface area contributed by atoms with Crippen LogP contribution in [0.25, 0.3) is 10.1 Å². The average Bonchev–Trinajstić information content (AvgIpc) is 2.93. The molecule has 7 heteroatoms. The molecule has 136 valence electrons. The van der Waals surface area contributed by atoms with Crippen molar-refractivity contribution in [1.82, 2.24) is 0 Å². The van der Waals surface area contributed by atoms with E-state index >= 15 is 0 Å². The molecule has 0 saturated carbocycles. The van der Waals surface area contributed by atoms with Crippen LogP contribution in [-0.2, 0) is 6.42 Å². The van der Waals surface area contributed by atoms with Crippen molar-refractivity contribution in [3.05, 3.63) is 59.0 Å². The van der Waals surface area contributed by atoms with Crippen LogP contribution < -0.4 is 10.1 Å². The predicted octanol–water partition coefficient (Wildman–Crippen LogP) is 6.00. The average molecular weight is 379 g/mol. The SMILES string of the molecule is CCCc1c(C(=O)Nc2cccc(OC(F)(F)F)c2)sc2ccccc12. The molecule has 0 bridgehead atoms. The number of carbonyl (C=O) groups is 1. The summed E-state index contributed by atoms with van der Waals surface area (Å²) in [4.78, 5) is 13.3. The van der Waals surface area contributed by atoms with Crippen LogP contribution in [0.1, 0.15) is 28.6 Å². The molecule has 26 heavy (non-hydrogen) atoms. The van der Waals surface area contributed by atoms with Gasteiger partial charge in [-0.2, -0.15) is 0 Å². The van der Waals surface area contributed by atoms with Crippen LogP contribution in [0.5, 0.6) is 5.75 Å². The molecule has 3 aromatic rings. The van der Waals surface area contributed by atoms with Gasteiger partial charge in [0.05, 0.1) is 4.88 Å². The number of hydrogen-bond acceptors (Lipinski definition) is 3. The second-order valence-corrected chi connectivity index (χ2v) is 6.74. The van der Waals surface area contributed by atoms with E-state index in [4.69, 9.17) is 0 Å². The van der Waals surface area contributed by atoms with Gasteiger partial charge in [0, 0.05) is 16.5 Å². The summed E-state index contributed by atoms with van der Waals surface area (Å²) in [6.45, 7) is 2.03. The highest BCUT2D eigenvalue weighted by Crippen LogP contribution is 2.33. The summed E-state index contributed by atoms with van der Waals surface area (Å²) in [5, 5.41) is 3.71. The van der Waals surface area contributed by atoms with Gasteiger partial charge >= 0.3 is 6.36 Å². The van der Waals surface area contributed by atoms with Gasteiger partial charge in [0.25, 0.3) is 5.91 Å². The number of carbonyl (C=O) groups excluding carboxylic acids is 1. The quantitative estimate of drug-likeness (QED) is 0.590. The van der Waals surface area contributed by atoms with Gasteiger partial charge in [0.1, 0.15) is 5.75 Å². The van der Waals surface area contributed by atoms with Crippen LogP contribution in [-0.4, -0.2) is 12.3 Å². The number of rotatable bonds is 5. The second-order valence-electron chi connectivity index (χ2n) is 5.69. The van der Waals surface area contributed by atoms with Gasteiger partial charge in [-0.25, -0.2) is 0 Å². The molecule has 0 unspecified atom stereocenters. The number of anilines is 1.